The Morgan fingerprint density at radius 1 is 0.839 bits per heavy atom. The minimum atomic E-state index is -2.02. The number of piperazine rings is 1. The highest BCUT2D eigenvalue weighted by Crippen LogP contribution is 2.51. The second-order valence-corrected chi connectivity index (χ2v) is 24.0. The molecule has 0 aromatic heterocycles. The number of unbranched alkanes of at least 4 members (excludes halogenated alkanes) is 4. The lowest BCUT2D eigenvalue weighted by molar-refractivity contribution is -0.144. The summed E-state index contributed by atoms with van der Waals surface area (Å²) in [5, 5.41) is 19.6. The van der Waals surface area contributed by atoms with Crippen molar-refractivity contribution in [1.82, 2.24) is 21.3 Å². The summed E-state index contributed by atoms with van der Waals surface area (Å²) in [5.74, 6) is -1.65. The van der Waals surface area contributed by atoms with Gasteiger partial charge in [0.2, 0.25) is 23.6 Å². The molecule has 4 amide bonds. The van der Waals surface area contributed by atoms with Crippen LogP contribution in [0.15, 0.2) is 42.5 Å². The molecule has 1 aromatic rings. The molecule has 3 aliphatic rings. The largest absolute Gasteiger partial charge is 0.478 e. The van der Waals surface area contributed by atoms with Crippen LogP contribution in [0.5, 0.6) is 0 Å². The van der Waals surface area contributed by atoms with Crippen molar-refractivity contribution < 1.29 is 43.0 Å². The topological polar surface area (TPSA) is 189 Å². The molecule has 0 bridgehead atoms. The van der Waals surface area contributed by atoms with E-state index >= 15 is 0 Å². The summed E-state index contributed by atoms with van der Waals surface area (Å²) < 4.78 is 13.3. The third-order valence-electron chi connectivity index (χ3n) is 13.5. The van der Waals surface area contributed by atoms with Gasteiger partial charge in [-0.3, -0.25) is 19.2 Å². The summed E-state index contributed by atoms with van der Waals surface area (Å²) in [6.07, 6.45) is 16.0. The number of carbonyl (C=O) groups is 6. The summed E-state index contributed by atoms with van der Waals surface area (Å²) >= 11 is 0. The Kier molecular flexibility index (Phi) is 19.4. The Hall–Kier alpha value is -4.30. The predicted molar refractivity (Wildman–Crippen MR) is 242 cm³/mol. The number of aryl methyl sites for hydroxylation is 1. The van der Waals surface area contributed by atoms with Crippen LogP contribution in [0.2, 0.25) is 18.1 Å². The van der Waals surface area contributed by atoms with E-state index in [-0.39, 0.29) is 29.1 Å². The average molecular weight is 879 g/mol. The molecule has 4 rings (SSSR count). The first-order valence-electron chi connectivity index (χ1n) is 23.1. The minimum Gasteiger partial charge on any atom is -0.478 e. The average Bonchev–Trinajstić information content (AvgIpc) is 3.53. The molecule has 344 valence electrons. The van der Waals surface area contributed by atoms with Gasteiger partial charge in [0.1, 0.15) is 18.2 Å². The molecule has 0 radical (unpaired) electrons. The van der Waals surface area contributed by atoms with Crippen molar-refractivity contribution in [3.8, 4) is 0 Å². The van der Waals surface area contributed by atoms with Gasteiger partial charge in [0.15, 0.2) is 8.32 Å². The molecule has 7 atom stereocenters. The summed E-state index contributed by atoms with van der Waals surface area (Å²) in [5.41, 5.74) is 4.37. The van der Waals surface area contributed by atoms with Gasteiger partial charge in [-0.15, -0.1) is 0 Å². The van der Waals surface area contributed by atoms with Gasteiger partial charge in [0, 0.05) is 43.5 Å². The van der Waals surface area contributed by atoms with Crippen molar-refractivity contribution in [2.45, 2.75) is 173 Å². The maximum atomic E-state index is 13.1. The molecule has 5 N–H and O–H groups in total. The Balaban J connectivity index is 1.20. The molecule has 3 unspecified atom stereocenters. The number of rotatable bonds is 24. The number of hydrogen-bond acceptors (Lipinski definition) is 8. The van der Waals surface area contributed by atoms with Gasteiger partial charge in [-0.25, -0.2) is 9.59 Å². The maximum Gasteiger partial charge on any atom is 0.331 e. The zero-order chi connectivity index (χ0) is 45.5. The van der Waals surface area contributed by atoms with Gasteiger partial charge < -0.3 is 35.5 Å². The zero-order valence-corrected chi connectivity index (χ0v) is 39.3. The van der Waals surface area contributed by atoms with Crippen LogP contribution in [0, 0.1) is 24.7 Å². The van der Waals surface area contributed by atoms with E-state index in [0.29, 0.717) is 69.4 Å². The number of esters is 1. The van der Waals surface area contributed by atoms with Crippen molar-refractivity contribution in [2.75, 3.05) is 13.1 Å². The van der Waals surface area contributed by atoms with Crippen LogP contribution in [0.3, 0.4) is 0 Å². The van der Waals surface area contributed by atoms with Gasteiger partial charge in [-0.2, -0.15) is 0 Å². The first-order chi connectivity index (χ1) is 29.4. The van der Waals surface area contributed by atoms with Crippen molar-refractivity contribution in [3.05, 3.63) is 59.2 Å². The van der Waals surface area contributed by atoms with Gasteiger partial charge >= 0.3 is 11.9 Å². The summed E-state index contributed by atoms with van der Waals surface area (Å²) in [6, 6.07) is 5.39. The first-order valence-corrected chi connectivity index (χ1v) is 26.0. The highest BCUT2D eigenvalue weighted by Gasteiger charge is 2.49. The highest BCUT2D eigenvalue weighted by atomic mass is 28.4. The normalized spacial score (nSPS) is 23.0. The van der Waals surface area contributed by atoms with Crippen LogP contribution in [-0.4, -0.2) is 86.4 Å². The molecule has 1 aliphatic heterocycles. The summed E-state index contributed by atoms with van der Waals surface area (Å²) in [6.45, 7) is 16.7. The molecular weight excluding hydrogens is 805 g/mol. The lowest BCUT2D eigenvalue weighted by Gasteiger charge is -2.40. The molecule has 14 heteroatoms. The fourth-order valence-corrected chi connectivity index (χ4v) is 10.4. The number of carboxylic acids is 1. The van der Waals surface area contributed by atoms with Crippen LogP contribution in [0.4, 0.5) is 0 Å². The van der Waals surface area contributed by atoms with Gasteiger partial charge in [-0.1, -0.05) is 58.7 Å². The molecule has 1 aromatic carbocycles. The molecule has 1 saturated carbocycles. The fraction of sp³-hybridized carbons (Fsp3) is 0.667. The second kappa shape index (κ2) is 23.9. The zero-order valence-electron chi connectivity index (χ0n) is 38.3. The third-order valence-corrected chi connectivity index (χ3v) is 18.0. The number of hydrogen-bond donors (Lipinski definition) is 5. The number of benzene rings is 1. The van der Waals surface area contributed by atoms with Crippen molar-refractivity contribution in [3.63, 3.8) is 0 Å². The van der Waals surface area contributed by atoms with E-state index in [1.165, 1.54) is 28.8 Å². The van der Waals surface area contributed by atoms with Crippen LogP contribution < -0.4 is 21.3 Å². The number of carbonyl (C=O) groups excluding carboxylic acids is 5. The Labute approximate surface area is 370 Å². The molecular formula is C48H74N4O9Si. The van der Waals surface area contributed by atoms with Crippen molar-refractivity contribution >= 4 is 43.9 Å². The van der Waals surface area contributed by atoms with Crippen molar-refractivity contribution in [1.29, 1.82) is 0 Å². The van der Waals surface area contributed by atoms with Crippen LogP contribution >= 0.6 is 0 Å². The van der Waals surface area contributed by atoms with Crippen molar-refractivity contribution in [2.24, 2.45) is 17.8 Å². The molecule has 62 heavy (non-hydrogen) atoms. The van der Waals surface area contributed by atoms with Gasteiger partial charge in [-0.05, 0) is 143 Å². The summed E-state index contributed by atoms with van der Waals surface area (Å²) in [7, 11) is -2.02. The molecule has 1 heterocycles. The summed E-state index contributed by atoms with van der Waals surface area (Å²) in [4.78, 5) is 73.1. The lowest BCUT2D eigenvalue weighted by atomic mass is 9.73. The van der Waals surface area contributed by atoms with E-state index in [4.69, 9.17) is 14.3 Å². The minimum absolute atomic E-state index is 0.110. The van der Waals surface area contributed by atoms with Gasteiger partial charge in [0.05, 0.1) is 0 Å². The molecule has 1 saturated heterocycles. The smallest absolute Gasteiger partial charge is 0.331 e. The first kappa shape index (κ1) is 50.3. The molecule has 13 nitrogen and oxygen atoms in total. The Morgan fingerprint density at radius 2 is 1.45 bits per heavy atom. The number of carboxylic acid groups (broad SMARTS) is 1. The Morgan fingerprint density at radius 3 is 2.03 bits per heavy atom. The second-order valence-electron chi connectivity index (χ2n) is 19.2. The lowest BCUT2D eigenvalue weighted by Crippen LogP contribution is -2.61. The quantitative estimate of drug-likeness (QED) is 0.0324. The molecule has 0 spiro atoms. The SMILES string of the molecule is CCCCC[C@@H](CC[C@H]1C(O[Si](C)(C)C(C)(C)C)C[C@@H]2Cc3c(C)cccc3C[C@@H]21)OC(=O)/C=C/C(=O)NCCCCC1NC(=O)C(CCCCNC(=O)/C=C/C(=O)O)NC1=O. The maximum absolute atomic E-state index is 13.1. The number of ether oxygens (including phenoxy) is 1. The Bertz CT molecular complexity index is 1770. The van der Waals surface area contributed by atoms with E-state index in [9.17, 15) is 28.8 Å². The van der Waals surface area contributed by atoms with E-state index in [2.05, 4.69) is 87.2 Å². The van der Waals surface area contributed by atoms with E-state index in [1.54, 1.807) is 0 Å². The van der Waals surface area contributed by atoms with Crippen LogP contribution in [-0.2, 0) is 50.8 Å². The molecule has 2 fully saturated rings. The molecule has 2 aliphatic carbocycles. The number of aliphatic carboxylic acids is 1. The van der Waals surface area contributed by atoms with E-state index in [0.717, 1.165) is 69.9 Å². The number of fused-ring (bicyclic) bond motifs is 2. The standard InChI is InChI=1S/C48H74N4O9Si/c1-8-9-10-18-35(21-22-36-38-29-33-17-15-16-32(2)37(33)30-34(38)31-41(36)61-62(6,7)48(3,4)5)60-45(57)26-24-43(54)50-28-14-12-20-40-47(59)51-39(46(58)52-40)19-11-13-27-49-42(53)23-25-44(55)56/h15-17,23-26,34-36,38-41H,8-14,18-22,27-31H2,1-7H3,(H,49,53)(H,50,54)(H,51,59)(H,52,58)(H,55,56)/b25-23+,26-24+/t34-,35-,36+,38-,39?,40?,41?/m0/s1. The third kappa shape index (κ3) is 15.5. The van der Waals surface area contributed by atoms with Crippen LogP contribution in [0.25, 0.3) is 0 Å². The monoisotopic (exact) mass is 879 g/mol. The number of amides is 4. The highest BCUT2D eigenvalue weighted by molar-refractivity contribution is 6.74. The van der Waals surface area contributed by atoms with E-state index < -0.39 is 44.2 Å². The number of nitrogens with one attached hydrogen (secondary N) is 4. The van der Waals surface area contributed by atoms with E-state index in [1.807, 2.05) is 0 Å². The van der Waals surface area contributed by atoms with Crippen LogP contribution in [0.1, 0.15) is 128 Å². The predicted octanol–water partition coefficient (Wildman–Crippen LogP) is 6.76. The van der Waals surface area contributed by atoms with Gasteiger partial charge in [0.25, 0.3) is 0 Å². The fourth-order valence-electron chi connectivity index (χ4n) is 9.01.